The van der Waals surface area contributed by atoms with Crippen molar-refractivity contribution in [1.82, 2.24) is 5.16 Å². The number of nitrogen functional groups attached to an aromatic ring is 1. The van der Waals surface area contributed by atoms with Crippen molar-refractivity contribution in [3.8, 4) is 22.5 Å². The highest BCUT2D eigenvalue weighted by atomic mass is 16.5. The molecule has 0 amide bonds. The van der Waals surface area contributed by atoms with Crippen molar-refractivity contribution in [3.63, 3.8) is 0 Å². The van der Waals surface area contributed by atoms with Crippen LogP contribution in [0.2, 0.25) is 0 Å². The summed E-state index contributed by atoms with van der Waals surface area (Å²) in [7, 11) is 0. The molecular weight excluding hydrogens is 260 g/mol. The Morgan fingerprint density at radius 1 is 0.905 bits per heavy atom. The summed E-state index contributed by atoms with van der Waals surface area (Å²) in [4.78, 5) is 0. The molecule has 0 saturated heterocycles. The van der Waals surface area contributed by atoms with Crippen molar-refractivity contribution in [3.05, 3.63) is 59.2 Å². The van der Waals surface area contributed by atoms with E-state index in [1.54, 1.807) is 0 Å². The van der Waals surface area contributed by atoms with Gasteiger partial charge in [0.25, 0.3) is 0 Å². The number of nitrogens with zero attached hydrogens (tertiary/aromatic N) is 1. The Kier molecular flexibility index (Phi) is 3.26. The second kappa shape index (κ2) is 5.09. The van der Waals surface area contributed by atoms with Crippen LogP contribution in [0.1, 0.15) is 16.7 Å². The lowest BCUT2D eigenvalue weighted by atomic mass is 9.95. The van der Waals surface area contributed by atoms with Gasteiger partial charge in [-0.1, -0.05) is 53.2 Å². The second-order valence-corrected chi connectivity index (χ2v) is 5.41. The summed E-state index contributed by atoms with van der Waals surface area (Å²) in [5, 5.41) is 3.98. The summed E-state index contributed by atoms with van der Waals surface area (Å²) < 4.78 is 5.54. The maximum absolute atomic E-state index is 6.05. The normalized spacial score (nSPS) is 10.8. The van der Waals surface area contributed by atoms with Gasteiger partial charge in [-0.25, -0.2) is 0 Å². The van der Waals surface area contributed by atoms with Crippen LogP contribution >= 0.6 is 0 Å². The first-order chi connectivity index (χ1) is 10.1. The Balaban J connectivity index is 2.25. The van der Waals surface area contributed by atoms with Gasteiger partial charge in [0.05, 0.1) is 5.56 Å². The smallest absolute Gasteiger partial charge is 0.177 e. The Morgan fingerprint density at radius 2 is 1.67 bits per heavy atom. The van der Waals surface area contributed by atoms with Gasteiger partial charge in [-0.15, -0.1) is 0 Å². The van der Waals surface area contributed by atoms with E-state index in [0.29, 0.717) is 5.82 Å². The van der Waals surface area contributed by atoms with E-state index in [1.165, 1.54) is 5.56 Å². The van der Waals surface area contributed by atoms with Crippen LogP contribution in [0.5, 0.6) is 0 Å². The number of aryl methyl sites for hydroxylation is 3. The monoisotopic (exact) mass is 278 g/mol. The molecule has 106 valence electrons. The van der Waals surface area contributed by atoms with E-state index in [9.17, 15) is 0 Å². The van der Waals surface area contributed by atoms with Crippen LogP contribution in [0.25, 0.3) is 22.5 Å². The third kappa shape index (κ3) is 2.31. The fraction of sp³-hybridized carbons (Fsp3) is 0.167. The van der Waals surface area contributed by atoms with Gasteiger partial charge in [-0.2, -0.15) is 0 Å². The van der Waals surface area contributed by atoms with Crippen LogP contribution in [-0.2, 0) is 0 Å². The molecule has 0 saturated carbocycles. The van der Waals surface area contributed by atoms with Crippen molar-refractivity contribution in [2.75, 3.05) is 5.73 Å². The van der Waals surface area contributed by atoms with Gasteiger partial charge in [-0.3, -0.25) is 0 Å². The third-order valence-corrected chi connectivity index (χ3v) is 3.76. The largest absolute Gasteiger partial charge is 0.380 e. The van der Waals surface area contributed by atoms with Gasteiger partial charge in [-0.05, 0) is 37.5 Å². The lowest BCUT2D eigenvalue weighted by Crippen LogP contribution is -1.92. The zero-order chi connectivity index (χ0) is 15.0. The Morgan fingerprint density at radius 3 is 2.38 bits per heavy atom. The molecule has 0 unspecified atom stereocenters. The molecule has 3 aromatic rings. The average Bonchev–Trinajstić information content (AvgIpc) is 2.81. The highest BCUT2D eigenvalue weighted by Gasteiger charge is 2.20. The lowest BCUT2D eigenvalue weighted by molar-refractivity contribution is 0.436. The SMILES string of the molecule is Cc1ccc(-c2onc(N)c2-c2ccccc2C)c(C)c1. The fourth-order valence-electron chi connectivity index (χ4n) is 2.67. The third-order valence-electron chi connectivity index (χ3n) is 3.76. The highest BCUT2D eigenvalue weighted by molar-refractivity contribution is 5.88. The van der Waals surface area contributed by atoms with Crippen LogP contribution in [-0.4, -0.2) is 5.16 Å². The first-order valence-electron chi connectivity index (χ1n) is 6.96. The van der Waals surface area contributed by atoms with E-state index < -0.39 is 0 Å². The van der Waals surface area contributed by atoms with E-state index in [1.807, 2.05) is 18.2 Å². The fourth-order valence-corrected chi connectivity index (χ4v) is 2.67. The molecule has 0 bridgehead atoms. The van der Waals surface area contributed by atoms with E-state index in [0.717, 1.165) is 33.6 Å². The number of benzene rings is 2. The number of hydrogen-bond acceptors (Lipinski definition) is 3. The molecule has 0 radical (unpaired) electrons. The minimum atomic E-state index is 0.430. The maximum Gasteiger partial charge on any atom is 0.177 e. The predicted molar refractivity (Wildman–Crippen MR) is 86.0 cm³/mol. The van der Waals surface area contributed by atoms with Crippen molar-refractivity contribution < 1.29 is 4.52 Å². The number of aromatic nitrogens is 1. The van der Waals surface area contributed by atoms with Crippen molar-refractivity contribution in [2.24, 2.45) is 0 Å². The van der Waals surface area contributed by atoms with Crippen LogP contribution in [0.15, 0.2) is 47.0 Å². The zero-order valence-corrected chi connectivity index (χ0v) is 12.5. The molecule has 0 aliphatic rings. The number of nitrogens with two attached hydrogens (primary N) is 1. The summed E-state index contributed by atoms with van der Waals surface area (Å²) in [6.45, 7) is 6.21. The molecule has 3 nitrogen and oxygen atoms in total. The second-order valence-electron chi connectivity index (χ2n) is 5.41. The van der Waals surface area contributed by atoms with Crippen LogP contribution in [0, 0.1) is 20.8 Å². The first kappa shape index (κ1) is 13.4. The topological polar surface area (TPSA) is 52.0 Å². The molecule has 2 aromatic carbocycles. The molecule has 0 spiro atoms. The molecule has 3 heteroatoms. The van der Waals surface area contributed by atoms with Gasteiger partial charge in [0.1, 0.15) is 0 Å². The van der Waals surface area contributed by atoms with E-state index in [4.69, 9.17) is 10.3 Å². The van der Waals surface area contributed by atoms with Gasteiger partial charge in [0, 0.05) is 5.56 Å². The van der Waals surface area contributed by atoms with Crippen molar-refractivity contribution in [1.29, 1.82) is 0 Å². The summed E-state index contributed by atoms with van der Waals surface area (Å²) in [6, 6.07) is 14.4. The van der Waals surface area contributed by atoms with Gasteiger partial charge in [0.2, 0.25) is 0 Å². The van der Waals surface area contributed by atoms with Gasteiger partial charge in [0.15, 0.2) is 11.6 Å². The molecule has 1 heterocycles. The molecule has 21 heavy (non-hydrogen) atoms. The maximum atomic E-state index is 6.05. The molecule has 0 atom stereocenters. The standard InChI is InChI=1S/C18H18N2O/c1-11-8-9-15(13(3)10-11)17-16(18(19)20-21-17)14-7-5-4-6-12(14)2/h4-10H,1-3H3,(H2,19,20). The molecule has 0 aliphatic heterocycles. The highest BCUT2D eigenvalue weighted by Crippen LogP contribution is 2.39. The quantitative estimate of drug-likeness (QED) is 0.750. The van der Waals surface area contributed by atoms with Gasteiger partial charge < -0.3 is 10.3 Å². The average molecular weight is 278 g/mol. The molecule has 3 rings (SSSR count). The minimum Gasteiger partial charge on any atom is -0.380 e. The molecule has 0 fully saturated rings. The molecule has 0 aliphatic carbocycles. The minimum absolute atomic E-state index is 0.430. The van der Waals surface area contributed by atoms with Crippen molar-refractivity contribution in [2.45, 2.75) is 20.8 Å². The summed E-state index contributed by atoms with van der Waals surface area (Å²) in [5.41, 5.74) is 12.6. The Hall–Kier alpha value is -2.55. The van der Waals surface area contributed by atoms with Crippen LogP contribution in [0.4, 0.5) is 5.82 Å². The summed E-state index contributed by atoms with van der Waals surface area (Å²) in [6.07, 6.45) is 0. The van der Waals surface area contributed by atoms with Crippen molar-refractivity contribution >= 4 is 5.82 Å². The predicted octanol–water partition coefficient (Wildman–Crippen LogP) is 4.52. The summed E-state index contributed by atoms with van der Waals surface area (Å²) >= 11 is 0. The van der Waals surface area contributed by atoms with Crippen LogP contribution in [0.3, 0.4) is 0 Å². The molecular formula is C18H18N2O. The number of hydrogen-bond donors (Lipinski definition) is 1. The Bertz CT molecular complexity index is 803. The number of anilines is 1. The zero-order valence-electron chi connectivity index (χ0n) is 12.5. The van der Waals surface area contributed by atoms with Gasteiger partial charge >= 0.3 is 0 Å². The number of rotatable bonds is 2. The first-order valence-corrected chi connectivity index (χ1v) is 6.96. The lowest BCUT2D eigenvalue weighted by Gasteiger charge is -2.08. The van der Waals surface area contributed by atoms with E-state index >= 15 is 0 Å². The van der Waals surface area contributed by atoms with Crippen LogP contribution < -0.4 is 5.73 Å². The molecule has 2 N–H and O–H groups in total. The molecule has 1 aromatic heterocycles. The van der Waals surface area contributed by atoms with E-state index in [-0.39, 0.29) is 0 Å². The summed E-state index contributed by atoms with van der Waals surface area (Å²) in [5.74, 6) is 1.17. The van der Waals surface area contributed by atoms with E-state index in [2.05, 4.69) is 50.2 Å². The Labute approximate surface area is 124 Å².